The molecule has 0 aliphatic carbocycles. The number of nitro benzene ring substituents is 1. The van der Waals surface area contributed by atoms with Crippen LogP contribution in [0, 0.1) is 28.4 Å². The summed E-state index contributed by atoms with van der Waals surface area (Å²) in [7, 11) is 0. The highest BCUT2D eigenvalue weighted by molar-refractivity contribution is 5.81. The number of carbonyl (C=O) groups excluding carboxylic acids is 1. The molecule has 0 unspecified atom stereocenters. The Hall–Kier alpha value is -2.66. The molecule has 1 aromatic rings. The Labute approximate surface area is 145 Å². The highest BCUT2D eigenvalue weighted by Crippen LogP contribution is 2.31. The van der Waals surface area contributed by atoms with E-state index in [0.29, 0.717) is 44.0 Å². The first-order valence-electron chi connectivity index (χ1n) is 8.35. The van der Waals surface area contributed by atoms with Crippen LogP contribution in [0.5, 0.6) is 0 Å². The number of piperazine rings is 1. The molecule has 0 bridgehead atoms. The molecule has 0 spiro atoms. The molecule has 1 aromatic carbocycles. The molecule has 8 nitrogen and oxygen atoms in total. The summed E-state index contributed by atoms with van der Waals surface area (Å²) in [5.74, 6) is 0.0330. The predicted molar refractivity (Wildman–Crippen MR) is 90.3 cm³/mol. The molecule has 25 heavy (non-hydrogen) atoms. The van der Waals surface area contributed by atoms with E-state index in [4.69, 9.17) is 10.00 Å². The maximum absolute atomic E-state index is 12.4. The third kappa shape index (κ3) is 3.42. The lowest BCUT2D eigenvalue weighted by molar-refractivity contribution is -0.385. The van der Waals surface area contributed by atoms with Gasteiger partial charge in [0.15, 0.2) is 0 Å². The van der Waals surface area contributed by atoms with Crippen molar-refractivity contribution in [3.05, 3.63) is 33.4 Å². The van der Waals surface area contributed by atoms with Crippen molar-refractivity contribution in [3.63, 3.8) is 0 Å². The summed E-state index contributed by atoms with van der Waals surface area (Å²) >= 11 is 0. The molecule has 2 fully saturated rings. The van der Waals surface area contributed by atoms with Crippen LogP contribution < -0.4 is 4.90 Å². The first-order valence-corrected chi connectivity index (χ1v) is 8.35. The van der Waals surface area contributed by atoms with Gasteiger partial charge >= 0.3 is 0 Å². The Balaban J connectivity index is 1.74. The van der Waals surface area contributed by atoms with E-state index in [1.54, 1.807) is 17.9 Å². The second kappa shape index (κ2) is 7.07. The number of nitro groups is 1. The fourth-order valence-electron chi connectivity index (χ4n) is 3.41. The highest BCUT2D eigenvalue weighted by Gasteiger charge is 2.31. The van der Waals surface area contributed by atoms with Gasteiger partial charge in [-0.3, -0.25) is 14.9 Å². The monoisotopic (exact) mass is 344 g/mol. The van der Waals surface area contributed by atoms with Crippen LogP contribution in [0.1, 0.15) is 24.0 Å². The van der Waals surface area contributed by atoms with Crippen LogP contribution in [-0.4, -0.2) is 54.6 Å². The summed E-state index contributed by atoms with van der Waals surface area (Å²) in [4.78, 5) is 27.0. The van der Waals surface area contributed by atoms with E-state index in [-0.39, 0.29) is 23.3 Å². The smallest absolute Gasteiger partial charge is 0.275 e. The van der Waals surface area contributed by atoms with E-state index < -0.39 is 4.92 Å². The summed E-state index contributed by atoms with van der Waals surface area (Å²) in [6, 6.07) is 4.96. The lowest BCUT2D eigenvalue weighted by atomic mass is 10.1. The van der Waals surface area contributed by atoms with Gasteiger partial charge in [-0.05, 0) is 25.8 Å². The molecule has 2 heterocycles. The highest BCUT2D eigenvalue weighted by atomic mass is 16.6. The van der Waals surface area contributed by atoms with E-state index in [0.717, 1.165) is 12.8 Å². The SMILES string of the molecule is Cc1c(N2CCN(C(=O)[C@H]3CCCO3)CC2)cc(C#N)cc1[N+](=O)[O-]. The first-order chi connectivity index (χ1) is 12.0. The second-order valence-electron chi connectivity index (χ2n) is 6.32. The number of carbonyl (C=O) groups is 1. The molecule has 0 N–H and O–H groups in total. The van der Waals surface area contributed by atoms with Gasteiger partial charge in [-0.25, -0.2) is 0 Å². The number of rotatable bonds is 3. The molecular formula is C17H20N4O4. The number of hydrogen-bond acceptors (Lipinski definition) is 6. The predicted octanol–water partition coefficient (Wildman–Crippen LogP) is 1.60. The van der Waals surface area contributed by atoms with Crippen molar-refractivity contribution < 1.29 is 14.5 Å². The van der Waals surface area contributed by atoms with Gasteiger partial charge < -0.3 is 14.5 Å². The quantitative estimate of drug-likeness (QED) is 0.610. The van der Waals surface area contributed by atoms with Crippen molar-refractivity contribution in [1.82, 2.24) is 4.90 Å². The van der Waals surface area contributed by atoms with E-state index in [2.05, 4.69) is 0 Å². The second-order valence-corrected chi connectivity index (χ2v) is 6.32. The van der Waals surface area contributed by atoms with Crippen LogP contribution in [-0.2, 0) is 9.53 Å². The lowest BCUT2D eigenvalue weighted by Gasteiger charge is -2.37. The standard InChI is InChI=1S/C17H20N4O4/c1-12-14(9-13(11-18)10-15(12)21(23)24)19-4-6-20(7-5-19)17(22)16-3-2-8-25-16/h9-10,16H,2-8H2,1H3/t16-/m1/s1. The Bertz CT molecular complexity index is 729. The van der Waals surface area contributed by atoms with Gasteiger partial charge in [0.1, 0.15) is 6.10 Å². The average molecular weight is 344 g/mol. The van der Waals surface area contributed by atoms with Crippen molar-refractivity contribution in [2.24, 2.45) is 0 Å². The molecule has 0 radical (unpaired) electrons. The van der Waals surface area contributed by atoms with Gasteiger partial charge in [0, 0.05) is 44.5 Å². The fraction of sp³-hybridized carbons (Fsp3) is 0.529. The number of hydrogen-bond donors (Lipinski definition) is 0. The Morgan fingerprint density at radius 3 is 2.64 bits per heavy atom. The number of amides is 1. The zero-order valence-corrected chi connectivity index (χ0v) is 14.1. The van der Waals surface area contributed by atoms with Gasteiger partial charge in [-0.15, -0.1) is 0 Å². The van der Waals surface area contributed by atoms with Gasteiger partial charge in [-0.1, -0.05) is 0 Å². The Morgan fingerprint density at radius 2 is 2.08 bits per heavy atom. The average Bonchev–Trinajstić information content (AvgIpc) is 3.16. The van der Waals surface area contributed by atoms with E-state index in [1.165, 1.54) is 6.07 Å². The molecule has 2 aliphatic rings. The minimum atomic E-state index is -0.461. The van der Waals surface area contributed by atoms with Crippen molar-refractivity contribution in [3.8, 4) is 6.07 Å². The normalized spacial score (nSPS) is 20.4. The molecule has 1 atom stereocenters. The van der Waals surface area contributed by atoms with Crippen LogP contribution in [0.15, 0.2) is 12.1 Å². The maximum Gasteiger partial charge on any atom is 0.275 e. The summed E-state index contributed by atoms with van der Waals surface area (Å²) < 4.78 is 5.46. The molecule has 0 aromatic heterocycles. The molecule has 1 amide bonds. The van der Waals surface area contributed by atoms with Crippen LogP contribution >= 0.6 is 0 Å². The number of ether oxygens (including phenoxy) is 1. The van der Waals surface area contributed by atoms with Crippen LogP contribution in [0.2, 0.25) is 0 Å². The van der Waals surface area contributed by atoms with Crippen LogP contribution in [0.4, 0.5) is 11.4 Å². The lowest BCUT2D eigenvalue weighted by Crippen LogP contribution is -2.51. The molecule has 0 saturated carbocycles. The Kier molecular flexibility index (Phi) is 4.86. The summed E-state index contributed by atoms with van der Waals surface area (Å²) in [6.07, 6.45) is 1.37. The molecule has 132 valence electrons. The minimum absolute atomic E-state index is 0.0330. The summed E-state index contributed by atoms with van der Waals surface area (Å²) in [6.45, 7) is 4.57. The van der Waals surface area contributed by atoms with Gasteiger partial charge in [0.05, 0.1) is 22.1 Å². The van der Waals surface area contributed by atoms with Crippen molar-refractivity contribution in [2.45, 2.75) is 25.9 Å². The van der Waals surface area contributed by atoms with E-state index >= 15 is 0 Å². The molecule has 8 heteroatoms. The van der Waals surface area contributed by atoms with E-state index in [1.807, 2.05) is 11.0 Å². The zero-order chi connectivity index (χ0) is 18.0. The van der Waals surface area contributed by atoms with E-state index in [9.17, 15) is 14.9 Å². The Morgan fingerprint density at radius 1 is 1.36 bits per heavy atom. The van der Waals surface area contributed by atoms with Crippen molar-refractivity contribution in [2.75, 3.05) is 37.7 Å². The molecular weight excluding hydrogens is 324 g/mol. The molecule has 2 saturated heterocycles. The molecule has 2 aliphatic heterocycles. The number of nitriles is 1. The van der Waals surface area contributed by atoms with Crippen molar-refractivity contribution in [1.29, 1.82) is 5.26 Å². The number of nitrogens with zero attached hydrogens (tertiary/aromatic N) is 4. The summed E-state index contributed by atoms with van der Waals surface area (Å²) in [5, 5.41) is 20.4. The zero-order valence-electron chi connectivity index (χ0n) is 14.1. The largest absolute Gasteiger partial charge is 0.368 e. The third-order valence-electron chi connectivity index (χ3n) is 4.82. The number of benzene rings is 1. The van der Waals surface area contributed by atoms with Crippen LogP contribution in [0.25, 0.3) is 0 Å². The van der Waals surface area contributed by atoms with Gasteiger partial charge in [0.2, 0.25) is 0 Å². The maximum atomic E-state index is 12.4. The molecule has 3 rings (SSSR count). The number of anilines is 1. The van der Waals surface area contributed by atoms with Gasteiger partial charge in [0.25, 0.3) is 11.6 Å². The third-order valence-corrected chi connectivity index (χ3v) is 4.82. The van der Waals surface area contributed by atoms with Crippen LogP contribution in [0.3, 0.4) is 0 Å². The van der Waals surface area contributed by atoms with Gasteiger partial charge in [-0.2, -0.15) is 5.26 Å². The summed E-state index contributed by atoms with van der Waals surface area (Å²) in [5.41, 5.74) is 1.45. The first kappa shape index (κ1) is 17.2. The van der Waals surface area contributed by atoms with Crippen molar-refractivity contribution >= 4 is 17.3 Å². The fourth-order valence-corrected chi connectivity index (χ4v) is 3.41. The topological polar surface area (TPSA) is 99.7 Å². The minimum Gasteiger partial charge on any atom is -0.368 e.